The second-order valence-corrected chi connectivity index (χ2v) is 10.3. The summed E-state index contributed by atoms with van der Waals surface area (Å²) in [5.41, 5.74) is 1.66. The maximum Gasteiger partial charge on any atom is 0.267 e. The van der Waals surface area contributed by atoms with Crippen molar-refractivity contribution >= 4 is 49.5 Å². The summed E-state index contributed by atoms with van der Waals surface area (Å²) in [7, 11) is 1.70. The predicted octanol–water partition coefficient (Wildman–Crippen LogP) is 5.97. The first-order valence-corrected chi connectivity index (χ1v) is 12.7. The molecular weight excluding hydrogens is 556 g/mol. The van der Waals surface area contributed by atoms with Crippen LogP contribution in [-0.2, 0) is 11.5 Å². The lowest BCUT2D eigenvalue weighted by molar-refractivity contribution is 0.0938. The predicted molar refractivity (Wildman–Crippen MR) is 133 cm³/mol. The fourth-order valence-corrected chi connectivity index (χ4v) is 5.44. The number of hydrogen-bond donors (Lipinski definition) is 2. The van der Waals surface area contributed by atoms with Crippen LogP contribution < -0.4 is 5.32 Å². The number of aromatic amines is 1. The number of nitrogens with zero attached hydrogens (tertiary/aromatic N) is 2. The van der Waals surface area contributed by atoms with E-state index in [9.17, 15) is 4.79 Å². The zero-order chi connectivity index (χ0) is 22.5. The lowest BCUT2D eigenvalue weighted by atomic mass is 9.81. The average Bonchev–Trinajstić information content (AvgIpc) is 3.36. The van der Waals surface area contributed by atoms with Gasteiger partial charge in [0.2, 0.25) is 0 Å². The Morgan fingerprint density at radius 1 is 1.28 bits per heavy atom. The lowest BCUT2D eigenvalue weighted by Gasteiger charge is -2.29. The van der Waals surface area contributed by atoms with Crippen LogP contribution in [0.2, 0.25) is 0 Å². The quantitative estimate of drug-likeness (QED) is 0.322. The Morgan fingerprint density at radius 3 is 2.78 bits per heavy atom. The molecular formula is C23H24Br2N4O2S. The maximum atomic E-state index is 12.6. The molecule has 0 unspecified atom stereocenters. The van der Waals surface area contributed by atoms with E-state index in [1.165, 1.54) is 0 Å². The number of nitrogens with one attached hydrogen (secondary N) is 2. The van der Waals surface area contributed by atoms with Crippen LogP contribution in [-0.4, -0.2) is 34.1 Å². The van der Waals surface area contributed by atoms with Gasteiger partial charge in [-0.25, -0.2) is 4.98 Å². The van der Waals surface area contributed by atoms with Gasteiger partial charge >= 0.3 is 0 Å². The molecule has 6 nitrogen and oxygen atoms in total. The van der Waals surface area contributed by atoms with E-state index in [1.54, 1.807) is 24.9 Å². The Balaban J connectivity index is 1.51. The number of amides is 1. The SMILES string of the molecule is COCn1c([C@H]2CC=CC[C@@H]2CNC(=O)c2cc(Br)c(Br)[nH]2)cnc1Sc1ccccc1. The molecule has 0 aliphatic heterocycles. The molecule has 1 aliphatic carbocycles. The third kappa shape index (κ3) is 5.39. The summed E-state index contributed by atoms with van der Waals surface area (Å²) in [4.78, 5) is 21.5. The molecule has 0 saturated heterocycles. The lowest BCUT2D eigenvalue weighted by Crippen LogP contribution is -2.33. The Morgan fingerprint density at radius 2 is 2.06 bits per heavy atom. The van der Waals surface area contributed by atoms with E-state index in [0.717, 1.165) is 37.7 Å². The van der Waals surface area contributed by atoms with E-state index in [1.807, 2.05) is 24.4 Å². The third-order valence-corrected chi connectivity index (χ3v) is 8.30. The van der Waals surface area contributed by atoms with Crippen LogP contribution in [0.15, 0.2) is 73.9 Å². The molecule has 2 N–H and O–H groups in total. The first kappa shape index (κ1) is 23.4. The highest BCUT2D eigenvalue weighted by Gasteiger charge is 2.29. The molecule has 1 aromatic carbocycles. The minimum absolute atomic E-state index is 0.115. The zero-order valence-electron chi connectivity index (χ0n) is 17.6. The van der Waals surface area contributed by atoms with Crippen LogP contribution in [0, 0.1) is 5.92 Å². The molecule has 0 spiro atoms. The highest BCUT2D eigenvalue weighted by atomic mass is 79.9. The van der Waals surface area contributed by atoms with Crippen molar-refractivity contribution in [1.82, 2.24) is 19.9 Å². The van der Waals surface area contributed by atoms with Crippen LogP contribution in [0.5, 0.6) is 0 Å². The minimum atomic E-state index is -0.115. The van der Waals surface area contributed by atoms with Gasteiger partial charge in [-0.3, -0.25) is 9.36 Å². The number of ether oxygens (including phenoxy) is 1. The topological polar surface area (TPSA) is 71.9 Å². The van der Waals surface area contributed by atoms with E-state index in [2.05, 4.69) is 71.0 Å². The molecule has 2 atom stereocenters. The molecule has 3 aromatic rings. The van der Waals surface area contributed by atoms with Crippen molar-refractivity contribution in [3.05, 3.63) is 75.2 Å². The van der Waals surface area contributed by atoms with Crippen molar-refractivity contribution in [3.63, 3.8) is 0 Å². The van der Waals surface area contributed by atoms with Crippen molar-refractivity contribution in [1.29, 1.82) is 0 Å². The molecule has 0 bridgehead atoms. The van der Waals surface area contributed by atoms with Crippen molar-refractivity contribution in [2.75, 3.05) is 13.7 Å². The fourth-order valence-electron chi connectivity index (χ4n) is 3.91. The van der Waals surface area contributed by atoms with Crippen LogP contribution in [0.3, 0.4) is 0 Å². The van der Waals surface area contributed by atoms with Gasteiger partial charge in [0.1, 0.15) is 12.4 Å². The van der Waals surface area contributed by atoms with E-state index >= 15 is 0 Å². The normalized spacial score (nSPS) is 18.1. The highest BCUT2D eigenvalue weighted by Crippen LogP contribution is 2.37. The van der Waals surface area contributed by atoms with Crippen molar-refractivity contribution < 1.29 is 9.53 Å². The van der Waals surface area contributed by atoms with Gasteiger partial charge in [-0.2, -0.15) is 0 Å². The van der Waals surface area contributed by atoms with Crippen molar-refractivity contribution in [2.24, 2.45) is 5.92 Å². The Bertz CT molecular complexity index is 1080. The first-order chi connectivity index (χ1) is 15.6. The largest absolute Gasteiger partial charge is 0.364 e. The average molecular weight is 580 g/mol. The van der Waals surface area contributed by atoms with E-state index in [4.69, 9.17) is 9.72 Å². The molecule has 1 aliphatic rings. The van der Waals surface area contributed by atoms with Crippen molar-refractivity contribution in [3.8, 4) is 0 Å². The monoisotopic (exact) mass is 578 g/mol. The molecule has 4 rings (SSSR count). The van der Waals surface area contributed by atoms with Crippen LogP contribution in [0.25, 0.3) is 0 Å². The third-order valence-electron chi connectivity index (χ3n) is 5.50. The summed E-state index contributed by atoms with van der Waals surface area (Å²) < 4.78 is 9.24. The molecule has 0 fully saturated rings. The molecule has 0 saturated carbocycles. The Kier molecular flexibility index (Phi) is 7.93. The number of halogens is 2. The zero-order valence-corrected chi connectivity index (χ0v) is 21.5. The molecule has 168 valence electrons. The van der Waals surface area contributed by atoms with E-state index < -0.39 is 0 Å². The number of imidazole rings is 1. The number of methoxy groups -OCH3 is 1. The highest BCUT2D eigenvalue weighted by molar-refractivity contribution is 9.13. The Hall–Kier alpha value is -1.81. The number of carbonyl (C=O) groups excluding carboxylic acids is 1. The van der Waals surface area contributed by atoms with E-state index in [-0.39, 0.29) is 17.7 Å². The number of hydrogen-bond acceptors (Lipinski definition) is 4. The molecule has 1 amide bonds. The van der Waals surface area contributed by atoms with Crippen molar-refractivity contribution in [2.45, 2.75) is 35.5 Å². The van der Waals surface area contributed by atoms with Gasteiger partial charge in [-0.15, -0.1) is 0 Å². The summed E-state index contributed by atoms with van der Waals surface area (Å²) in [6.07, 6.45) is 8.19. The molecule has 2 heterocycles. The second kappa shape index (κ2) is 10.9. The standard InChI is InChI=1S/C23H24Br2N4O2S/c1-31-14-29-20(13-27-23(29)32-16-8-3-2-4-9-16)17-10-6-5-7-15(17)12-26-22(30)19-11-18(24)21(25)28-19/h2-6,8-9,11,13,15,17,28H,7,10,12,14H2,1H3,(H,26,30)/t15-,17+/m1/s1. The second-order valence-electron chi connectivity index (χ2n) is 7.59. The van der Waals surface area contributed by atoms with Crippen LogP contribution >= 0.6 is 43.6 Å². The first-order valence-electron chi connectivity index (χ1n) is 10.3. The van der Waals surface area contributed by atoms with Gasteiger partial charge in [-0.1, -0.05) is 42.1 Å². The van der Waals surface area contributed by atoms with Crippen LogP contribution in [0.4, 0.5) is 0 Å². The van der Waals surface area contributed by atoms with Gasteiger partial charge in [0.25, 0.3) is 5.91 Å². The number of aromatic nitrogens is 3. The number of carbonyl (C=O) groups is 1. The molecule has 2 aromatic heterocycles. The van der Waals surface area contributed by atoms with Gasteiger partial charge < -0.3 is 15.0 Å². The Labute approximate surface area is 208 Å². The minimum Gasteiger partial charge on any atom is -0.364 e. The summed E-state index contributed by atoms with van der Waals surface area (Å²) in [5.74, 6) is 0.401. The van der Waals surface area contributed by atoms with Gasteiger partial charge in [0, 0.05) is 36.4 Å². The maximum absolute atomic E-state index is 12.6. The number of H-pyrrole nitrogens is 1. The van der Waals surface area contributed by atoms with Gasteiger partial charge in [0.15, 0.2) is 5.16 Å². The summed E-state index contributed by atoms with van der Waals surface area (Å²) in [6.45, 7) is 1.02. The number of benzene rings is 1. The number of allylic oxidation sites excluding steroid dienone is 2. The van der Waals surface area contributed by atoms with Crippen LogP contribution in [0.1, 0.15) is 34.9 Å². The molecule has 9 heteroatoms. The molecule has 0 radical (unpaired) electrons. The van der Waals surface area contributed by atoms with Gasteiger partial charge in [0.05, 0.1) is 9.08 Å². The van der Waals surface area contributed by atoms with E-state index in [0.29, 0.717) is 19.0 Å². The summed E-state index contributed by atoms with van der Waals surface area (Å²) >= 11 is 8.43. The smallest absolute Gasteiger partial charge is 0.267 e. The molecule has 32 heavy (non-hydrogen) atoms. The van der Waals surface area contributed by atoms with Gasteiger partial charge in [-0.05, 0) is 68.8 Å². The fraction of sp³-hybridized carbons (Fsp3) is 0.304. The summed E-state index contributed by atoms with van der Waals surface area (Å²) in [5, 5.41) is 4.00. The number of rotatable bonds is 8. The summed E-state index contributed by atoms with van der Waals surface area (Å²) in [6, 6.07) is 12.0.